The van der Waals surface area contributed by atoms with E-state index in [1.165, 1.54) is 6.07 Å². The molecule has 0 spiro atoms. The van der Waals surface area contributed by atoms with Crippen LogP contribution in [0.1, 0.15) is 5.56 Å². The Labute approximate surface area is 126 Å². The fraction of sp³-hybridized carbons (Fsp3) is 0.0625. The zero-order chi connectivity index (χ0) is 15.0. The van der Waals surface area contributed by atoms with Gasteiger partial charge in [-0.2, -0.15) is 5.10 Å². The van der Waals surface area contributed by atoms with Gasteiger partial charge in [0.05, 0.1) is 11.3 Å². The number of halogens is 2. The maximum Gasteiger partial charge on any atom is 0.153 e. The Morgan fingerprint density at radius 3 is 2.67 bits per heavy atom. The number of anilines is 1. The van der Waals surface area contributed by atoms with Crippen LogP contribution < -0.4 is 5.73 Å². The Balaban J connectivity index is 2.27. The number of nitrogen functional groups attached to an aromatic ring is 1. The summed E-state index contributed by atoms with van der Waals surface area (Å²) in [6, 6.07) is 12.0. The molecule has 0 fully saturated rings. The van der Waals surface area contributed by atoms with Crippen molar-refractivity contribution in [2.24, 2.45) is 0 Å². The molecule has 3 aromatic rings. The van der Waals surface area contributed by atoms with Crippen LogP contribution in [0.25, 0.3) is 22.4 Å². The lowest BCUT2D eigenvalue weighted by molar-refractivity contribution is 0.631. The van der Waals surface area contributed by atoms with Crippen LogP contribution in [0.4, 0.5) is 10.2 Å². The van der Waals surface area contributed by atoms with Gasteiger partial charge in [0.25, 0.3) is 0 Å². The summed E-state index contributed by atoms with van der Waals surface area (Å²) in [5, 5.41) is 7.51. The van der Waals surface area contributed by atoms with Gasteiger partial charge in [0.15, 0.2) is 5.82 Å². The number of nitrogens with zero attached hydrogens (tertiary/aromatic N) is 1. The van der Waals surface area contributed by atoms with E-state index in [0.29, 0.717) is 21.8 Å². The van der Waals surface area contributed by atoms with Crippen molar-refractivity contribution < 1.29 is 4.39 Å². The van der Waals surface area contributed by atoms with Crippen LogP contribution in [0.5, 0.6) is 0 Å². The lowest BCUT2D eigenvalue weighted by atomic mass is 9.97. The summed E-state index contributed by atoms with van der Waals surface area (Å²) in [6.45, 7) is 1.95. The van der Waals surface area contributed by atoms with Crippen LogP contribution >= 0.6 is 11.6 Å². The minimum atomic E-state index is -0.341. The molecule has 0 saturated carbocycles. The summed E-state index contributed by atoms with van der Waals surface area (Å²) in [5.74, 6) is -0.0824. The molecule has 0 saturated heterocycles. The summed E-state index contributed by atoms with van der Waals surface area (Å²) in [7, 11) is 0. The smallest absolute Gasteiger partial charge is 0.153 e. The zero-order valence-corrected chi connectivity index (χ0v) is 12.1. The molecule has 1 aromatic heterocycles. The Morgan fingerprint density at radius 2 is 1.90 bits per heavy atom. The molecule has 3 rings (SSSR count). The average Bonchev–Trinajstić information content (AvgIpc) is 2.84. The Morgan fingerprint density at radius 1 is 1.14 bits per heavy atom. The SMILES string of the molecule is Cc1ccc(Cl)cc1-c1[nH]nc(N)c1-c1ccccc1F. The largest absolute Gasteiger partial charge is 0.382 e. The van der Waals surface area contributed by atoms with Crippen LogP contribution in [0.15, 0.2) is 42.5 Å². The van der Waals surface area contributed by atoms with Gasteiger partial charge in [0.2, 0.25) is 0 Å². The molecule has 0 bridgehead atoms. The Bertz CT molecular complexity index is 811. The van der Waals surface area contributed by atoms with E-state index in [-0.39, 0.29) is 11.6 Å². The fourth-order valence-corrected chi connectivity index (χ4v) is 2.52. The molecule has 21 heavy (non-hydrogen) atoms. The van der Waals surface area contributed by atoms with E-state index in [2.05, 4.69) is 10.2 Å². The molecular weight excluding hydrogens is 289 g/mol. The second-order valence-electron chi connectivity index (χ2n) is 4.80. The number of hydrogen-bond donors (Lipinski definition) is 2. The molecule has 106 valence electrons. The van der Waals surface area contributed by atoms with Crippen molar-refractivity contribution in [2.45, 2.75) is 6.92 Å². The molecule has 0 amide bonds. The number of nitrogens with two attached hydrogens (primary N) is 1. The highest BCUT2D eigenvalue weighted by Gasteiger charge is 2.18. The number of H-pyrrole nitrogens is 1. The monoisotopic (exact) mass is 301 g/mol. The fourth-order valence-electron chi connectivity index (χ4n) is 2.35. The Hall–Kier alpha value is -2.33. The molecule has 0 aliphatic heterocycles. The van der Waals surface area contributed by atoms with Crippen molar-refractivity contribution >= 4 is 17.4 Å². The van der Waals surface area contributed by atoms with E-state index >= 15 is 0 Å². The third-order valence-corrected chi connectivity index (χ3v) is 3.64. The van der Waals surface area contributed by atoms with Crippen LogP contribution in [0.3, 0.4) is 0 Å². The number of benzene rings is 2. The van der Waals surface area contributed by atoms with Crippen LogP contribution in [-0.4, -0.2) is 10.2 Å². The average molecular weight is 302 g/mol. The molecule has 1 heterocycles. The lowest BCUT2D eigenvalue weighted by Crippen LogP contribution is -1.92. The van der Waals surface area contributed by atoms with Crippen LogP contribution in [0, 0.1) is 12.7 Å². The maximum absolute atomic E-state index is 14.1. The number of aryl methyl sites for hydroxylation is 1. The van der Waals surface area contributed by atoms with Crippen molar-refractivity contribution in [2.75, 3.05) is 5.73 Å². The van der Waals surface area contributed by atoms with Gasteiger partial charge in [0, 0.05) is 16.1 Å². The first-order valence-corrected chi connectivity index (χ1v) is 6.81. The summed E-state index contributed by atoms with van der Waals surface area (Å²) in [6.07, 6.45) is 0. The van der Waals surface area contributed by atoms with Gasteiger partial charge >= 0.3 is 0 Å². The van der Waals surface area contributed by atoms with Crippen molar-refractivity contribution in [1.29, 1.82) is 0 Å². The number of aromatic amines is 1. The van der Waals surface area contributed by atoms with Crippen molar-refractivity contribution in [3.8, 4) is 22.4 Å². The van der Waals surface area contributed by atoms with E-state index in [1.807, 2.05) is 25.1 Å². The normalized spacial score (nSPS) is 10.8. The van der Waals surface area contributed by atoms with Gasteiger partial charge in [0.1, 0.15) is 5.82 Å². The summed E-state index contributed by atoms with van der Waals surface area (Å²) in [4.78, 5) is 0. The summed E-state index contributed by atoms with van der Waals surface area (Å²) in [5.41, 5.74) is 9.41. The Kier molecular flexibility index (Phi) is 3.39. The molecule has 0 atom stereocenters. The van der Waals surface area contributed by atoms with Gasteiger partial charge < -0.3 is 5.73 Å². The summed E-state index contributed by atoms with van der Waals surface area (Å²) < 4.78 is 14.1. The van der Waals surface area contributed by atoms with Gasteiger partial charge in [-0.3, -0.25) is 5.10 Å². The zero-order valence-electron chi connectivity index (χ0n) is 11.3. The highest BCUT2D eigenvalue weighted by molar-refractivity contribution is 6.30. The quantitative estimate of drug-likeness (QED) is 0.736. The van der Waals surface area contributed by atoms with E-state index in [0.717, 1.165) is 11.1 Å². The van der Waals surface area contributed by atoms with E-state index in [4.69, 9.17) is 17.3 Å². The third kappa shape index (κ3) is 2.38. The molecule has 0 aliphatic rings. The first-order chi connectivity index (χ1) is 10.1. The molecule has 3 N–H and O–H groups in total. The van der Waals surface area contributed by atoms with E-state index in [1.54, 1.807) is 18.2 Å². The predicted octanol–water partition coefficient (Wildman–Crippen LogP) is 4.43. The molecule has 5 heteroatoms. The van der Waals surface area contributed by atoms with Crippen LogP contribution in [0.2, 0.25) is 5.02 Å². The first kappa shape index (κ1) is 13.6. The molecular formula is C16H13ClFN3. The van der Waals surface area contributed by atoms with Gasteiger partial charge in [-0.1, -0.05) is 35.9 Å². The maximum atomic E-state index is 14.1. The number of rotatable bonds is 2. The number of aromatic nitrogens is 2. The lowest BCUT2D eigenvalue weighted by Gasteiger charge is -2.09. The molecule has 3 nitrogen and oxygen atoms in total. The predicted molar refractivity (Wildman–Crippen MR) is 83.6 cm³/mol. The first-order valence-electron chi connectivity index (χ1n) is 6.43. The van der Waals surface area contributed by atoms with Gasteiger partial charge in [-0.25, -0.2) is 4.39 Å². The minimum absolute atomic E-state index is 0.259. The second kappa shape index (κ2) is 5.22. The molecule has 0 unspecified atom stereocenters. The standard InChI is InChI=1S/C16H13ClFN3/c1-9-6-7-10(17)8-12(9)15-14(16(19)21-20-15)11-4-2-3-5-13(11)18/h2-8H,1H3,(H3,19,20,21). The highest BCUT2D eigenvalue weighted by atomic mass is 35.5. The van der Waals surface area contributed by atoms with E-state index < -0.39 is 0 Å². The van der Waals surface area contributed by atoms with Crippen LogP contribution in [-0.2, 0) is 0 Å². The van der Waals surface area contributed by atoms with Crippen molar-refractivity contribution in [3.05, 3.63) is 58.9 Å². The highest BCUT2D eigenvalue weighted by Crippen LogP contribution is 2.37. The number of hydrogen-bond acceptors (Lipinski definition) is 2. The van der Waals surface area contributed by atoms with Crippen molar-refractivity contribution in [3.63, 3.8) is 0 Å². The minimum Gasteiger partial charge on any atom is -0.382 e. The second-order valence-corrected chi connectivity index (χ2v) is 5.23. The third-order valence-electron chi connectivity index (χ3n) is 3.41. The van der Waals surface area contributed by atoms with Gasteiger partial charge in [-0.05, 0) is 30.7 Å². The van der Waals surface area contributed by atoms with Gasteiger partial charge in [-0.15, -0.1) is 0 Å². The molecule has 2 aromatic carbocycles. The topological polar surface area (TPSA) is 54.7 Å². The summed E-state index contributed by atoms with van der Waals surface area (Å²) >= 11 is 6.06. The van der Waals surface area contributed by atoms with Crippen molar-refractivity contribution in [1.82, 2.24) is 10.2 Å². The number of nitrogens with one attached hydrogen (secondary N) is 1. The molecule has 0 radical (unpaired) electrons. The van der Waals surface area contributed by atoms with E-state index in [9.17, 15) is 4.39 Å². The molecule has 0 aliphatic carbocycles.